The van der Waals surface area contributed by atoms with Crippen molar-refractivity contribution < 1.29 is 31.5 Å². The maximum absolute atomic E-state index is 12.4. The second kappa shape index (κ2) is 8.19. The Morgan fingerprint density at radius 1 is 1.08 bits per heavy atom. The van der Waals surface area contributed by atoms with Gasteiger partial charge in [-0.15, -0.1) is 11.8 Å². The molecular formula is C16H12F5NO2S. The summed E-state index contributed by atoms with van der Waals surface area (Å²) in [6.45, 7) is -3.11. The molecule has 0 aliphatic rings. The van der Waals surface area contributed by atoms with Crippen LogP contribution in [-0.4, -0.2) is 24.4 Å². The topological polar surface area (TPSA) is 38.3 Å². The van der Waals surface area contributed by atoms with Crippen molar-refractivity contribution in [2.75, 3.05) is 11.1 Å². The van der Waals surface area contributed by atoms with Gasteiger partial charge in [0.15, 0.2) is 0 Å². The van der Waals surface area contributed by atoms with E-state index in [1.807, 2.05) is 0 Å². The predicted octanol–water partition coefficient (Wildman–Crippen LogP) is 5.19. The maximum atomic E-state index is 12.4. The van der Waals surface area contributed by atoms with Crippen molar-refractivity contribution in [2.24, 2.45) is 0 Å². The number of carbonyl (C=O) groups excluding carboxylic acids is 1. The van der Waals surface area contributed by atoms with Crippen LogP contribution in [0.2, 0.25) is 0 Å². The van der Waals surface area contributed by atoms with Gasteiger partial charge < -0.3 is 10.1 Å². The van der Waals surface area contributed by atoms with Crippen molar-refractivity contribution in [1.29, 1.82) is 0 Å². The van der Waals surface area contributed by atoms with Gasteiger partial charge in [0.05, 0.1) is 17.0 Å². The number of benzene rings is 2. The van der Waals surface area contributed by atoms with E-state index >= 15 is 0 Å². The number of hydrogen-bond donors (Lipinski definition) is 1. The molecule has 0 atom stereocenters. The van der Waals surface area contributed by atoms with Gasteiger partial charge in [-0.3, -0.25) is 4.79 Å². The molecule has 0 bridgehead atoms. The molecule has 1 amide bonds. The first-order valence-corrected chi connectivity index (χ1v) is 7.88. The molecule has 0 radical (unpaired) electrons. The van der Waals surface area contributed by atoms with Crippen molar-refractivity contribution >= 4 is 23.4 Å². The Morgan fingerprint density at radius 3 is 2.40 bits per heavy atom. The summed E-state index contributed by atoms with van der Waals surface area (Å²) in [7, 11) is 0. The average Bonchev–Trinajstić information content (AvgIpc) is 2.53. The van der Waals surface area contributed by atoms with Gasteiger partial charge in [-0.2, -0.15) is 22.0 Å². The van der Waals surface area contributed by atoms with E-state index in [9.17, 15) is 26.7 Å². The van der Waals surface area contributed by atoms with Crippen LogP contribution in [0.25, 0.3) is 0 Å². The van der Waals surface area contributed by atoms with Crippen LogP contribution in [0.4, 0.5) is 27.6 Å². The lowest BCUT2D eigenvalue weighted by Crippen LogP contribution is -2.16. The highest BCUT2D eigenvalue weighted by atomic mass is 32.2. The van der Waals surface area contributed by atoms with Crippen molar-refractivity contribution in [3.63, 3.8) is 0 Å². The van der Waals surface area contributed by atoms with Gasteiger partial charge >= 0.3 is 12.8 Å². The Balaban J connectivity index is 2.19. The number of carbonyl (C=O) groups is 1. The lowest BCUT2D eigenvalue weighted by Gasteiger charge is -2.13. The van der Waals surface area contributed by atoms with Gasteiger partial charge in [0.25, 0.3) is 5.91 Å². The first kappa shape index (κ1) is 19.0. The molecule has 0 saturated carbocycles. The summed E-state index contributed by atoms with van der Waals surface area (Å²) in [4.78, 5) is 12.5. The number of nitrogens with one attached hydrogen (secondary N) is 1. The van der Waals surface area contributed by atoms with Gasteiger partial charge in [0.1, 0.15) is 5.75 Å². The molecule has 0 aliphatic carbocycles. The van der Waals surface area contributed by atoms with Crippen LogP contribution in [0.5, 0.6) is 5.75 Å². The van der Waals surface area contributed by atoms with E-state index in [1.54, 1.807) is 0 Å². The highest BCUT2D eigenvalue weighted by Gasteiger charge is 2.28. The number of hydrogen-bond acceptors (Lipinski definition) is 3. The lowest BCUT2D eigenvalue weighted by molar-refractivity contribution is -0.105. The maximum Gasteiger partial charge on any atom is 0.398 e. The molecule has 0 aliphatic heterocycles. The highest BCUT2D eigenvalue weighted by molar-refractivity contribution is 7.99. The Labute approximate surface area is 144 Å². The van der Waals surface area contributed by atoms with Crippen molar-refractivity contribution in [2.45, 2.75) is 17.7 Å². The van der Waals surface area contributed by atoms with Crippen molar-refractivity contribution in [1.82, 2.24) is 0 Å². The molecule has 3 nitrogen and oxygen atoms in total. The molecule has 9 heteroatoms. The number of amides is 1. The number of rotatable bonds is 6. The molecule has 1 N–H and O–H groups in total. The average molecular weight is 377 g/mol. The summed E-state index contributed by atoms with van der Waals surface area (Å²) < 4.78 is 66.2. The molecule has 0 saturated heterocycles. The van der Waals surface area contributed by atoms with Crippen molar-refractivity contribution in [3.05, 3.63) is 54.1 Å². The number of alkyl halides is 5. The minimum absolute atomic E-state index is 0.147. The van der Waals surface area contributed by atoms with Crippen LogP contribution >= 0.6 is 11.8 Å². The quantitative estimate of drug-likeness (QED) is 0.556. The number of para-hydroxylation sites is 2. The van der Waals surface area contributed by atoms with Crippen molar-refractivity contribution in [3.8, 4) is 5.75 Å². The summed E-state index contributed by atoms with van der Waals surface area (Å²) in [5.74, 6) is -2.21. The lowest BCUT2D eigenvalue weighted by atomic mass is 10.2. The van der Waals surface area contributed by atoms with Gasteiger partial charge in [0, 0.05) is 4.90 Å². The van der Waals surface area contributed by atoms with E-state index in [0.717, 1.165) is 0 Å². The monoisotopic (exact) mass is 377 g/mol. The third-order valence-corrected chi connectivity index (χ3v) is 4.01. The Kier molecular flexibility index (Phi) is 6.24. The summed E-state index contributed by atoms with van der Waals surface area (Å²) in [5, 5.41) is 2.42. The number of thioether (sulfide) groups is 1. The van der Waals surface area contributed by atoms with Crippen LogP contribution in [0.15, 0.2) is 53.4 Å². The van der Waals surface area contributed by atoms with E-state index in [0.29, 0.717) is 11.8 Å². The third kappa shape index (κ3) is 5.93. The molecule has 0 spiro atoms. The second-order valence-electron chi connectivity index (χ2n) is 4.73. The first-order chi connectivity index (χ1) is 11.8. The van der Waals surface area contributed by atoms with E-state index in [4.69, 9.17) is 0 Å². The van der Waals surface area contributed by atoms with Gasteiger partial charge in [-0.25, -0.2) is 0 Å². The molecule has 0 fully saturated rings. The fourth-order valence-electron chi connectivity index (χ4n) is 1.90. The third-order valence-electron chi connectivity index (χ3n) is 2.87. The Bertz CT molecular complexity index is 736. The van der Waals surface area contributed by atoms with Gasteiger partial charge in [-0.1, -0.05) is 24.3 Å². The smallest absolute Gasteiger partial charge is 0.398 e. The zero-order chi connectivity index (χ0) is 18.4. The van der Waals surface area contributed by atoms with Gasteiger partial charge in [-0.05, 0) is 24.3 Å². The Hall–Kier alpha value is -2.29. The fourth-order valence-corrected chi connectivity index (χ4v) is 2.67. The number of ether oxygens (including phenoxy) is 1. The SMILES string of the molecule is O=C(Nc1ccccc1SCC(F)(F)F)c1ccccc1OC(F)F. The van der Waals surface area contributed by atoms with E-state index in [1.165, 1.54) is 48.5 Å². The fraction of sp³-hybridized carbons (Fsp3) is 0.188. The van der Waals surface area contributed by atoms with Crippen LogP contribution in [-0.2, 0) is 0 Å². The Morgan fingerprint density at radius 2 is 1.72 bits per heavy atom. The standard InChI is InChI=1S/C16H12F5NO2S/c17-15(18)24-12-7-3-1-5-10(12)14(23)22-11-6-2-4-8-13(11)25-9-16(19,20)21/h1-8,15H,9H2,(H,22,23). The van der Waals surface area contributed by atoms with Crippen LogP contribution in [0.1, 0.15) is 10.4 Å². The first-order valence-electron chi connectivity index (χ1n) is 6.90. The van der Waals surface area contributed by atoms with Crippen LogP contribution in [0, 0.1) is 0 Å². The summed E-state index contributed by atoms with van der Waals surface area (Å²) in [5.41, 5.74) is -0.00738. The minimum Gasteiger partial charge on any atom is -0.434 e. The highest BCUT2D eigenvalue weighted by Crippen LogP contribution is 2.32. The van der Waals surface area contributed by atoms with Crippen LogP contribution < -0.4 is 10.1 Å². The molecule has 134 valence electrons. The summed E-state index contributed by atoms with van der Waals surface area (Å²) in [6.07, 6.45) is -4.36. The molecule has 0 heterocycles. The number of halogens is 5. The molecule has 2 aromatic carbocycles. The zero-order valence-electron chi connectivity index (χ0n) is 12.5. The zero-order valence-corrected chi connectivity index (χ0v) is 13.3. The molecule has 2 aromatic rings. The normalized spacial score (nSPS) is 11.4. The largest absolute Gasteiger partial charge is 0.434 e. The number of anilines is 1. The summed E-state index contributed by atoms with van der Waals surface area (Å²) >= 11 is 0.515. The molecule has 0 aromatic heterocycles. The van der Waals surface area contributed by atoms with E-state index in [2.05, 4.69) is 10.1 Å². The minimum atomic E-state index is -4.36. The molecule has 25 heavy (non-hydrogen) atoms. The second-order valence-corrected chi connectivity index (χ2v) is 5.75. The van der Waals surface area contributed by atoms with E-state index in [-0.39, 0.29) is 21.9 Å². The molecule has 2 rings (SSSR count). The van der Waals surface area contributed by atoms with E-state index < -0.39 is 24.4 Å². The molecular weight excluding hydrogens is 365 g/mol. The summed E-state index contributed by atoms with van der Waals surface area (Å²) in [6, 6.07) is 11.3. The predicted molar refractivity (Wildman–Crippen MR) is 84.2 cm³/mol. The van der Waals surface area contributed by atoms with Crippen LogP contribution in [0.3, 0.4) is 0 Å². The molecule has 0 unspecified atom stereocenters. The van der Waals surface area contributed by atoms with Gasteiger partial charge in [0.2, 0.25) is 0 Å².